The Hall–Kier alpha value is -3.09. The second-order valence-electron chi connectivity index (χ2n) is 5.86. The van der Waals surface area contributed by atoms with Crippen LogP contribution >= 0.6 is 0 Å². The average Bonchev–Trinajstić information content (AvgIpc) is 2.71. The van der Waals surface area contributed by atoms with Gasteiger partial charge in [0.1, 0.15) is 11.4 Å². The zero-order valence-corrected chi connectivity index (χ0v) is 15.9. The fraction of sp³-hybridized carbons (Fsp3) is 0.350. The van der Waals surface area contributed by atoms with Gasteiger partial charge in [-0.1, -0.05) is 19.1 Å². The number of pyridine rings is 1. The van der Waals surface area contributed by atoms with Gasteiger partial charge in [-0.25, -0.2) is 4.98 Å². The zero-order chi connectivity index (χ0) is 19.6. The molecular formula is C20H25N3O4. The quantitative estimate of drug-likeness (QED) is 0.705. The summed E-state index contributed by atoms with van der Waals surface area (Å²) in [6, 6.07) is 10.5. The molecule has 0 saturated heterocycles. The Morgan fingerprint density at radius 1 is 0.926 bits per heavy atom. The molecule has 2 rings (SSSR count). The number of carbonyl (C=O) groups excluding carboxylic acids is 2. The molecule has 1 aromatic carbocycles. The number of hydrogen-bond acceptors (Lipinski definition) is 5. The van der Waals surface area contributed by atoms with Crippen LogP contribution in [0.1, 0.15) is 39.9 Å². The number of nitrogens with one attached hydrogen (secondary N) is 2. The van der Waals surface area contributed by atoms with Crippen molar-refractivity contribution < 1.29 is 19.1 Å². The van der Waals surface area contributed by atoms with E-state index in [0.29, 0.717) is 31.0 Å². The lowest BCUT2D eigenvalue weighted by Gasteiger charge is -2.10. The highest BCUT2D eigenvalue weighted by atomic mass is 16.5. The van der Waals surface area contributed by atoms with Crippen molar-refractivity contribution in [2.75, 3.05) is 27.3 Å². The normalized spacial score (nSPS) is 10.2. The SMILES string of the molecule is CCCNC(=O)c1cccc(C(=O)NCCc2ccc(OC)c(OC)c2)n1. The Labute approximate surface area is 159 Å². The third-order valence-corrected chi connectivity index (χ3v) is 3.90. The Bertz CT molecular complexity index is 793. The minimum Gasteiger partial charge on any atom is -0.493 e. The molecule has 2 aromatic rings. The number of aromatic nitrogens is 1. The third kappa shape index (κ3) is 5.70. The lowest BCUT2D eigenvalue weighted by atomic mass is 10.1. The molecule has 0 fully saturated rings. The van der Waals surface area contributed by atoms with E-state index in [9.17, 15) is 9.59 Å². The van der Waals surface area contributed by atoms with Crippen LogP contribution in [0.4, 0.5) is 0 Å². The monoisotopic (exact) mass is 371 g/mol. The Morgan fingerprint density at radius 2 is 1.56 bits per heavy atom. The molecule has 7 nitrogen and oxygen atoms in total. The van der Waals surface area contributed by atoms with E-state index in [2.05, 4.69) is 15.6 Å². The zero-order valence-electron chi connectivity index (χ0n) is 15.9. The van der Waals surface area contributed by atoms with E-state index in [1.165, 1.54) is 0 Å². The molecule has 0 aliphatic rings. The van der Waals surface area contributed by atoms with Gasteiger partial charge in [0.05, 0.1) is 14.2 Å². The maximum atomic E-state index is 12.3. The van der Waals surface area contributed by atoms with E-state index in [0.717, 1.165) is 12.0 Å². The van der Waals surface area contributed by atoms with E-state index < -0.39 is 0 Å². The van der Waals surface area contributed by atoms with Crippen molar-refractivity contribution in [2.24, 2.45) is 0 Å². The van der Waals surface area contributed by atoms with Crippen molar-refractivity contribution in [3.8, 4) is 11.5 Å². The van der Waals surface area contributed by atoms with Crippen LogP contribution in [0.2, 0.25) is 0 Å². The standard InChI is InChI=1S/C20H25N3O4/c1-4-11-21-19(24)15-6-5-7-16(23-15)20(25)22-12-10-14-8-9-17(26-2)18(13-14)27-3/h5-9,13H,4,10-12H2,1-3H3,(H,21,24)(H,22,25). The average molecular weight is 371 g/mol. The van der Waals surface area contributed by atoms with Crippen LogP contribution in [0.15, 0.2) is 36.4 Å². The Kier molecular flexibility index (Phi) is 7.61. The number of nitrogens with zero attached hydrogens (tertiary/aromatic N) is 1. The highest BCUT2D eigenvalue weighted by molar-refractivity contribution is 5.96. The van der Waals surface area contributed by atoms with E-state index in [-0.39, 0.29) is 23.2 Å². The summed E-state index contributed by atoms with van der Waals surface area (Å²) >= 11 is 0. The smallest absolute Gasteiger partial charge is 0.269 e. The number of rotatable bonds is 9. The molecule has 2 N–H and O–H groups in total. The molecule has 2 amide bonds. The summed E-state index contributed by atoms with van der Waals surface area (Å²) in [5.41, 5.74) is 1.45. The molecule has 0 aliphatic heterocycles. The van der Waals surface area contributed by atoms with Crippen LogP contribution in [-0.2, 0) is 6.42 Å². The number of amides is 2. The highest BCUT2D eigenvalue weighted by Crippen LogP contribution is 2.27. The van der Waals surface area contributed by atoms with Gasteiger partial charge in [0.2, 0.25) is 0 Å². The van der Waals surface area contributed by atoms with Crippen LogP contribution in [-0.4, -0.2) is 44.1 Å². The van der Waals surface area contributed by atoms with Crippen molar-refractivity contribution in [1.29, 1.82) is 0 Å². The molecule has 0 atom stereocenters. The van der Waals surface area contributed by atoms with E-state index in [4.69, 9.17) is 9.47 Å². The van der Waals surface area contributed by atoms with E-state index in [1.807, 2.05) is 25.1 Å². The van der Waals surface area contributed by atoms with Gasteiger partial charge in [0.25, 0.3) is 11.8 Å². The number of carbonyl (C=O) groups is 2. The van der Waals surface area contributed by atoms with E-state index in [1.54, 1.807) is 32.4 Å². The molecule has 1 heterocycles. The Balaban J connectivity index is 1.93. The van der Waals surface area contributed by atoms with Crippen LogP contribution < -0.4 is 20.1 Å². The molecular weight excluding hydrogens is 346 g/mol. The molecule has 144 valence electrons. The molecule has 27 heavy (non-hydrogen) atoms. The first-order valence-electron chi connectivity index (χ1n) is 8.83. The first kappa shape index (κ1) is 20.2. The van der Waals surface area contributed by atoms with Crippen LogP contribution in [0, 0.1) is 0 Å². The molecule has 0 bridgehead atoms. The minimum atomic E-state index is -0.319. The summed E-state index contributed by atoms with van der Waals surface area (Å²) in [4.78, 5) is 28.4. The van der Waals surface area contributed by atoms with Crippen molar-refractivity contribution in [3.05, 3.63) is 53.3 Å². The van der Waals surface area contributed by atoms with Gasteiger partial charge in [-0.3, -0.25) is 9.59 Å². The summed E-state index contributed by atoms with van der Waals surface area (Å²) in [7, 11) is 3.17. The predicted octanol–water partition coefficient (Wildman–Crippen LogP) is 2.21. The van der Waals surface area contributed by atoms with Gasteiger partial charge in [0.15, 0.2) is 11.5 Å². The number of benzene rings is 1. The van der Waals surface area contributed by atoms with Crippen LogP contribution in [0.25, 0.3) is 0 Å². The minimum absolute atomic E-state index is 0.214. The van der Waals surface area contributed by atoms with Crippen molar-refractivity contribution in [3.63, 3.8) is 0 Å². The van der Waals surface area contributed by atoms with Crippen LogP contribution in [0.3, 0.4) is 0 Å². The van der Waals surface area contributed by atoms with Gasteiger partial charge in [-0.2, -0.15) is 0 Å². The van der Waals surface area contributed by atoms with Crippen molar-refractivity contribution in [1.82, 2.24) is 15.6 Å². The van der Waals surface area contributed by atoms with Gasteiger partial charge in [-0.15, -0.1) is 0 Å². The molecule has 0 aliphatic carbocycles. The molecule has 0 radical (unpaired) electrons. The predicted molar refractivity (Wildman–Crippen MR) is 102 cm³/mol. The fourth-order valence-electron chi connectivity index (χ4n) is 2.46. The number of methoxy groups -OCH3 is 2. The second kappa shape index (κ2) is 10.2. The lowest BCUT2D eigenvalue weighted by Crippen LogP contribution is -2.29. The summed E-state index contributed by atoms with van der Waals surface area (Å²) < 4.78 is 10.5. The third-order valence-electron chi connectivity index (χ3n) is 3.90. The largest absolute Gasteiger partial charge is 0.493 e. The fourth-order valence-corrected chi connectivity index (χ4v) is 2.46. The maximum Gasteiger partial charge on any atom is 0.269 e. The van der Waals surface area contributed by atoms with Gasteiger partial charge >= 0.3 is 0 Å². The van der Waals surface area contributed by atoms with Gasteiger partial charge in [-0.05, 0) is 42.7 Å². The molecule has 0 saturated carbocycles. The Morgan fingerprint density at radius 3 is 2.15 bits per heavy atom. The topological polar surface area (TPSA) is 89.6 Å². The van der Waals surface area contributed by atoms with Crippen molar-refractivity contribution >= 4 is 11.8 Å². The lowest BCUT2D eigenvalue weighted by molar-refractivity contribution is 0.0944. The molecule has 0 unspecified atom stereocenters. The molecule has 1 aromatic heterocycles. The van der Waals surface area contributed by atoms with Gasteiger partial charge in [0, 0.05) is 13.1 Å². The summed E-state index contributed by atoms with van der Waals surface area (Å²) in [5.74, 6) is 0.707. The van der Waals surface area contributed by atoms with Crippen molar-refractivity contribution in [2.45, 2.75) is 19.8 Å². The van der Waals surface area contributed by atoms with Gasteiger partial charge < -0.3 is 20.1 Å². The summed E-state index contributed by atoms with van der Waals surface area (Å²) in [6.07, 6.45) is 1.46. The first-order chi connectivity index (χ1) is 13.1. The van der Waals surface area contributed by atoms with E-state index >= 15 is 0 Å². The number of hydrogen-bond donors (Lipinski definition) is 2. The summed E-state index contributed by atoms with van der Waals surface area (Å²) in [5, 5.41) is 5.56. The highest BCUT2D eigenvalue weighted by Gasteiger charge is 2.12. The maximum absolute atomic E-state index is 12.3. The first-order valence-corrected chi connectivity index (χ1v) is 8.83. The van der Waals surface area contributed by atoms with Crippen LogP contribution in [0.5, 0.6) is 11.5 Å². The number of ether oxygens (including phenoxy) is 2. The second-order valence-corrected chi connectivity index (χ2v) is 5.86. The molecule has 7 heteroatoms. The molecule has 0 spiro atoms. The summed E-state index contributed by atoms with van der Waals surface area (Å²) in [6.45, 7) is 2.97.